The predicted octanol–water partition coefficient (Wildman–Crippen LogP) is 4.15. The van der Waals surface area contributed by atoms with Crippen LogP contribution in [0.1, 0.15) is 37.3 Å². The fourth-order valence-electron chi connectivity index (χ4n) is 4.12. The summed E-state index contributed by atoms with van der Waals surface area (Å²) in [5.74, 6) is 0.747. The Labute approximate surface area is 158 Å². The fourth-order valence-corrected chi connectivity index (χ4v) is 4.12. The molecule has 3 rings (SSSR count). The summed E-state index contributed by atoms with van der Waals surface area (Å²) < 4.78 is 47.0. The van der Waals surface area contributed by atoms with E-state index >= 15 is 0 Å². The van der Waals surface area contributed by atoms with Crippen molar-refractivity contribution in [2.75, 3.05) is 33.3 Å². The van der Waals surface area contributed by atoms with Crippen molar-refractivity contribution in [2.45, 2.75) is 38.1 Å². The molecular weight excluding hydrogens is 369 g/mol. The van der Waals surface area contributed by atoms with Crippen molar-refractivity contribution >= 4 is 12.4 Å². The summed E-state index contributed by atoms with van der Waals surface area (Å²) in [5, 5.41) is 3.36. The molecule has 0 bridgehead atoms. The third-order valence-electron chi connectivity index (χ3n) is 5.15. The molecule has 1 aromatic rings. The van der Waals surface area contributed by atoms with Gasteiger partial charge in [0, 0.05) is 43.9 Å². The molecular formula is C18H26ClF3N2O2. The van der Waals surface area contributed by atoms with E-state index in [-0.39, 0.29) is 24.2 Å². The Balaban J connectivity index is 0.00000243. The van der Waals surface area contributed by atoms with Crippen LogP contribution < -0.4 is 14.8 Å². The van der Waals surface area contributed by atoms with E-state index in [4.69, 9.17) is 4.74 Å². The normalized spacial score (nSPS) is 20.5. The molecule has 1 N–H and O–H groups in total. The summed E-state index contributed by atoms with van der Waals surface area (Å²) in [7, 11) is 1.50. The largest absolute Gasteiger partial charge is 0.573 e. The zero-order chi connectivity index (χ0) is 17.9. The zero-order valence-electron chi connectivity index (χ0n) is 14.8. The van der Waals surface area contributed by atoms with Crippen LogP contribution in [0.5, 0.6) is 11.5 Å². The number of rotatable bonds is 5. The first-order valence-electron chi connectivity index (χ1n) is 8.86. The van der Waals surface area contributed by atoms with Gasteiger partial charge in [-0.3, -0.25) is 4.90 Å². The Morgan fingerprint density at radius 1 is 1.15 bits per heavy atom. The lowest BCUT2D eigenvalue weighted by Crippen LogP contribution is -2.46. The van der Waals surface area contributed by atoms with Gasteiger partial charge in [-0.25, -0.2) is 0 Å². The third kappa shape index (κ3) is 5.18. The van der Waals surface area contributed by atoms with E-state index in [0.717, 1.165) is 44.6 Å². The monoisotopic (exact) mass is 394 g/mol. The smallest absolute Gasteiger partial charge is 0.496 e. The number of methoxy groups -OCH3 is 1. The highest BCUT2D eigenvalue weighted by molar-refractivity contribution is 5.85. The number of hydrogen-bond acceptors (Lipinski definition) is 4. The van der Waals surface area contributed by atoms with Gasteiger partial charge in [-0.2, -0.15) is 0 Å². The average molecular weight is 395 g/mol. The van der Waals surface area contributed by atoms with E-state index in [2.05, 4.69) is 15.0 Å². The lowest BCUT2D eigenvalue weighted by Gasteiger charge is -2.39. The molecule has 26 heavy (non-hydrogen) atoms. The molecule has 0 amide bonds. The van der Waals surface area contributed by atoms with Crippen molar-refractivity contribution in [3.05, 3.63) is 23.8 Å². The summed E-state index contributed by atoms with van der Waals surface area (Å²) in [6.07, 6.45) is 0.0305. The van der Waals surface area contributed by atoms with Gasteiger partial charge in [-0.15, -0.1) is 25.6 Å². The van der Waals surface area contributed by atoms with Crippen LogP contribution >= 0.6 is 12.4 Å². The summed E-state index contributed by atoms with van der Waals surface area (Å²) in [4.78, 5) is 2.44. The molecule has 1 saturated heterocycles. The van der Waals surface area contributed by atoms with Crippen molar-refractivity contribution < 1.29 is 22.6 Å². The Morgan fingerprint density at radius 3 is 2.38 bits per heavy atom. The molecule has 1 aliphatic heterocycles. The first kappa shape index (κ1) is 21.1. The van der Waals surface area contributed by atoms with Gasteiger partial charge in [-0.1, -0.05) is 18.9 Å². The molecule has 0 spiro atoms. The van der Waals surface area contributed by atoms with Gasteiger partial charge in [0.25, 0.3) is 0 Å². The Bertz CT molecular complexity index is 574. The molecule has 0 radical (unpaired) electrons. The molecule has 0 unspecified atom stereocenters. The van der Waals surface area contributed by atoms with Crippen LogP contribution in [0.4, 0.5) is 13.2 Å². The van der Waals surface area contributed by atoms with Crippen molar-refractivity contribution in [1.29, 1.82) is 0 Å². The Kier molecular flexibility index (Phi) is 7.43. The molecule has 8 heteroatoms. The van der Waals surface area contributed by atoms with Gasteiger partial charge in [0.1, 0.15) is 11.5 Å². The number of alkyl halides is 3. The number of piperazine rings is 1. The zero-order valence-corrected chi connectivity index (χ0v) is 15.7. The van der Waals surface area contributed by atoms with Crippen molar-refractivity contribution in [3.8, 4) is 11.5 Å². The fraction of sp³-hybridized carbons (Fsp3) is 0.667. The quantitative estimate of drug-likeness (QED) is 0.813. The first-order valence-corrected chi connectivity index (χ1v) is 8.86. The van der Waals surface area contributed by atoms with E-state index < -0.39 is 6.36 Å². The number of hydrogen-bond donors (Lipinski definition) is 1. The maximum absolute atomic E-state index is 12.5. The highest BCUT2D eigenvalue weighted by atomic mass is 35.5. The topological polar surface area (TPSA) is 33.7 Å². The van der Waals surface area contributed by atoms with Crippen LogP contribution in [-0.2, 0) is 0 Å². The standard InChI is InChI=1S/C18H25F3N2O2.ClH/c1-24-16-12-14(25-18(19,20)21)6-7-15(16)17(13-4-2-3-5-13)23-10-8-22-9-11-23;/h6-7,12-13,17,22H,2-5,8-11H2,1H3;1H/t17-;/m0./s1. The average Bonchev–Trinajstić information content (AvgIpc) is 3.10. The summed E-state index contributed by atoms with van der Waals surface area (Å²) in [6, 6.07) is 4.67. The summed E-state index contributed by atoms with van der Waals surface area (Å²) >= 11 is 0. The van der Waals surface area contributed by atoms with Crippen LogP contribution in [0.2, 0.25) is 0 Å². The number of nitrogens with one attached hydrogen (secondary N) is 1. The van der Waals surface area contributed by atoms with Gasteiger partial charge in [-0.05, 0) is 24.8 Å². The van der Waals surface area contributed by atoms with Crippen LogP contribution in [0, 0.1) is 5.92 Å². The molecule has 1 aromatic carbocycles. The third-order valence-corrected chi connectivity index (χ3v) is 5.15. The second-order valence-corrected chi connectivity index (χ2v) is 6.73. The molecule has 1 aliphatic carbocycles. The number of ether oxygens (including phenoxy) is 2. The van der Waals surface area contributed by atoms with Gasteiger partial charge in [0.2, 0.25) is 0 Å². The highest BCUT2D eigenvalue weighted by Gasteiger charge is 2.35. The predicted molar refractivity (Wildman–Crippen MR) is 96.1 cm³/mol. The van der Waals surface area contributed by atoms with E-state index in [1.807, 2.05) is 0 Å². The molecule has 1 saturated carbocycles. The van der Waals surface area contributed by atoms with Crippen molar-refractivity contribution in [2.24, 2.45) is 5.92 Å². The second-order valence-electron chi connectivity index (χ2n) is 6.73. The van der Waals surface area contributed by atoms with Crippen LogP contribution in [0.3, 0.4) is 0 Å². The maximum Gasteiger partial charge on any atom is 0.573 e. The van der Waals surface area contributed by atoms with Crippen molar-refractivity contribution in [3.63, 3.8) is 0 Å². The minimum Gasteiger partial charge on any atom is -0.496 e. The molecule has 0 aromatic heterocycles. The molecule has 148 valence electrons. The Hall–Kier alpha value is -1.18. The SMILES string of the molecule is COc1cc(OC(F)(F)F)ccc1[C@H](C1CCCC1)N1CCNCC1.Cl. The van der Waals surface area contributed by atoms with Gasteiger partial charge in [0.15, 0.2) is 0 Å². The van der Waals surface area contributed by atoms with Crippen molar-refractivity contribution in [1.82, 2.24) is 10.2 Å². The lowest BCUT2D eigenvalue weighted by atomic mass is 9.89. The lowest BCUT2D eigenvalue weighted by molar-refractivity contribution is -0.274. The number of nitrogens with zero attached hydrogens (tertiary/aromatic N) is 1. The minimum atomic E-state index is -4.70. The van der Waals surface area contributed by atoms with Crippen LogP contribution in [0.15, 0.2) is 18.2 Å². The van der Waals surface area contributed by atoms with E-state index in [0.29, 0.717) is 11.7 Å². The number of benzene rings is 1. The van der Waals surface area contributed by atoms with E-state index in [1.165, 1.54) is 32.1 Å². The molecule has 2 fully saturated rings. The minimum absolute atomic E-state index is 0. The van der Waals surface area contributed by atoms with Gasteiger partial charge < -0.3 is 14.8 Å². The van der Waals surface area contributed by atoms with Crippen LogP contribution in [0.25, 0.3) is 0 Å². The Morgan fingerprint density at radius 2 is 1.81 bits per heavy atom. The summed E-state index contributed by atoms with van der Waals surface area (Å²) in [5.41, 5.74) is 0.964. The molecule has 2 aliphatic rings. The molecule has 1 atom stereocenters. The van der Waals surface area contributed by atoms with Gasteiger partial charge in [0.05, 0.1) is 7.11 Å². The van der Waals surface area contributed by atoms with E-state index in [9.17, 15) is 13.2 Å². The second kappa shape index (κ2) is 9.15. The molecule has 4 nitrogen and oxygen atoms in total. The van der Waals surface area contributed by atoms with Crippen LogP contribution in [-0.4, -0.2) is 44.6 Å². The number of halogens is 4. The first-order chi connectivity index (χ1) is 12.0. The van der Waals surface area contributed by atoms with E-state index in [1.54, 1.807) is 6.07 Å². The molecule has 1 heterocycles. The van der Waals surface area contributed by atoms with Gasteiger partial charge >= 0.3 is 6.36 Å². The maximum atomic E-state index is 12.5. The highest BCUT2D eigenvalue weighted by Crippen LogP contribution is 2.43. The summed E-state index contributed by atoms with van der Waals surface area (Å²) in [6.45, 7) is 3.73.